The summed E-state index contributed by atoms with van der Waals surface area (Å²) in [6.45, 7) is 0. The minimum absolute atomic E-state index is 0.940. The summed E-state index contributed by atoms with van der Waals surface area (Å²) in [7, 11) is 8.38. The van der Waals surface area contributed by atoms with Gasteiger partial charge in [0.2, 0.25) is 0 Å². The summed E-state index contributed by atoms with van der Waals surface area (Å²) >= 11 is 1.27. The topological polar surface area (TPSA) is 32.3 Å². The average molecular weight is 627 g/mol. The molecule has 0 saturated heterocycles. The molecule has 228 valence electrons. The van der Waals surface area contributed by atoms with Gasteiger partial charge < -0.3 is 9.80 Å². The molecule has 0 spiro atoms. The Morgan fingerprint density at radius 3 is 1.04 bits per heavy atom. The minimum atomic E-state index is 0.940. The summed E-state index contributed by atoms with van der Waals surface area (Å²) in [6.07, 6.45) is 0. The van der Waals surface area contributed by atoms with Gasteiger partial charge in [-0.1, -0.05) is 121 Å². The Hall–Kier alpha value is -5.52. The van der Waals surface area contributed by atoms with Crippen LogP contribution in [0.3, 0.4) is 0 Å². The van der Waals surface area contributed by atoms with Gasteiger partial charge in [0, 0.05) is 61.5 Å². The molecule has 7 aromatic carbocycles. The predicted molar refractivity (Wildman–Crippen MR) is 203 cm³/mol. The zero-order valence-corrected chi connectivity index (χ0v) is 27.7. The third-order valence-electron chi connectivity index (χ3n) is 9.19. The summed E-state index contributed by atoms with van der Waals surface area (Å²) in [5.41, 5.74) is 13.7. The first-order chi connectivity index (χ1) is 23.0. The molecule has 8 aromatic rings. The van der Waals surface area contributed by atoms with Crippen molar-refractivity contribution in [2.24, 2.45) is 0 Å². The second-order valence-electron chi connectivity index (χ2n) is 12.4. The first-order valence-electron chi connectivity index (χ1n) is 15.8. The van der Waals surface area contributed by atoms with E-state index >= 15 is 0 Å². The number of benzene rings is 7. The van der Waals surface area contributed by atoms with Crippen molar-refractivity contribution in [1.29, 1.82) is 0 Å². The van der Waals surface area contributed by atoms with Crippen molar-refractivity contribution in [3.8, 4) is 44.5 Å². The van der Waals surface area contributed by atoms with E-state index < -0.39 is 0 Å². The molecule has 0 amide bonds. The van der Waals surface area contributed by atoms with Crippen LogP contribution in [0.1, 0.15) is 0 Å². The maximum Gasteiger partial charge on any atom is 0.113 e. The van der Waals surface area contributed by atoms with Crippen LogP contribution in [-0.2, 0) is 0 Å². The maximum absolute atomic E-state index is 4.77. The lowest BCUT2D eigenvalue weighted by molar-refractivity contribution is 1.14. The van der Waals surface area contributed by atoms with Crippen LogP contribution in [0.2, 0.25) is 0 Å². The highest BCUT2D eigenvalue weighted by atomic mass is 32.1. The molecule has 1 heterocycles. The highest BCUT2D eigenvalue weighted by Gasteiger charge is 2.16. The average Bonchev–Trinajstić information content (AvgIpc) is 3.61. The molecule has 0 fully saturated rings. The van der Waals surface area contributed by atoms with E-state index in [4.69, 9.17) is 8.75 Å². The lowest BCUT2D eigenvalue weighted by Gasteiger charge is -2.18. The number of nitrogens with zero attached hydrogens (tertiary/aromatic N) is 4. The van der Waals surface area contributed by atoms with Crippen molar-refractivity contribution < 1.29 is 0 Å². The van der Waals surface area contributed by atoms with Crippen molar-refractivity contribution >= 4 is 55.7 Å². The summed E-state index contributed by atoms with van der Waals surface area (Å²) < 4.78 is 9.55. The Labute approximate surface area is 279 Å². The third-order valence-corrected chi connectivity index (χ3v) is 9.72. The number of hydrogen-bond donors (Lipinski definition) is 0. The van der Waals surface area contributed by atoms with E-state index in [-0.39, 0.29) is 0 Å². The molecular weight excluding hydrogens is 593 g/mol. The second-order valence-corrected chi connectivity index (χ2v) is 12.9. The molecule has 0 N–H and O–H groups in total. The van der Waals surface area contributed by atoms with Crippen LogP contribution in [0.25, 0.3) is 77.1 Å². The molecule has 4 nitrogen and oxygen atoms in total. The van der Waals surface area contributed by atoms with Crippen molar-refractivity contribution in [2.45, 2.75) is 0 Å². The summed E-state index contributed by atoms with van der Waals surface area (Å²) in [4.78, 5) is 4.35. The smallest absolute Gasteiger partial charge is 0.113 e. The first-order valence-corrected chi connectivity index (χ1v) is 16.6. The molecule has 5 heteroatoms. The van der Waals surface area contributed by atoms with E-state index in [0.717, 1.165) is 33.3 Å². The number of anilines is 2. The van der Waals surface area contributed by atoms with Crippen LogP contribution in [0.15, 0.2) is 133 Å². The van der Waals surface area contributed by atoms with Gasteiger partial charge in [-0.25, -0.2) is 0 Å². The highest BCUT2D eigenvalue weighted by molar-refractivity contribution is 7.00. The SMILES string of the molecule is CN(C)c1ccc(-c2ccc(-c3ccc(-c4ccc(-c5ccc(N(C)C)c6ccccc56)cc4)c4nsnc34)cc2)c2ccccc12. The van der Waals surface area contributed by atoms with Crippen LogP contribution in [0, 0.1) is 0 Å². The minimum Gasteiger partial charge on any atom is -0.377 e. The molecule has 1 aromatic heterocycles. The van der Waals surface area contributed by atoms with Crippen molar-refractivity contribution in [2.75, 3.05) is 38.0 Å². The van der Waals surface area contributed by atoms with Crippen LogP contribution < -0.4 is 9.80 Å². The zero-order valence-electron chi connectivity index (χ0n) is 26.9. The first kappa shape index (κ1) is 28.9. The van der Waals surface area contributed by atoms with Crippen LogP contribution in [0.5, 0.6) is 0 Å². The molecule has 0 saturated carbocycles. The normalized spacial score (nSPS) is 11.4. The van der Waals surface area contributed by atoms with E-state index in [9.17, 15) is 0 Å². The van der Waals surface area contributed by atoms with Gasteiger partial charge in [-0.3, -0.25) is 0 Å². The van der Waals surface area contributed by atoms with E-state index in [1.54, 1.807) is 0 Å². The van der Waals surface area contributed by atoms with Gasteiger partial charge in [0.1, 0.15) is 11.0 Å². The van der Waals surface area contributed by atoms with Gasteiger partial charge >= 0.3 is 0 Å². The van der Waals surface area contributed by atoms with E-state index in [2.05, 4.69) is 171 Å². The lowest BCUT2D eigenvalue weighted by atomic mass is 9.93. The fourth-order valence-electron chi connectivity index (χ4n) is 6.84. The summed E-state index contributed by atoms with van der Waals surface area (Å²) in [5.74, 6) is 0. The number of aromatic nitrogens is 2. The van der Waals surface area contributed by atoms with Crippen molar-refractivity contribution in [3.05, 3.63) is 133 Å². The van der Waals surface area contributed by atoms with Gasteiger partial charge in [0.15, 0.2) is 0 Å². The Bertz CT molecular complexity index is 2240. The molecule has 47 heavy (non-hydrogen) atoms. The molecule has 0 atom stereocenters. The van der Waals surface area contributed by atoms with E-state index in [0.29, 0.717) is 0 Å². The molecule has 0 aliphatic carbocycles. The Morgan fingerprint density at radius 1 is 0.362 bits per heavy atom. The molecule has 8 rings (SSSR count). The predicted octanol–water partition coefficient (Wildman–Crippen LogP) is 10.8. The Morgan fingerprint density at radius 2 is 0.681 bits per heavy atom. The fourth-order valence-corrected chi connectivity index (χ4v) is 7.41. The molecule has 0 radical (unpaired) electrons. The Kier molecular flexibility index (Phi) is 7.19. The fraction of sp³-hybridized carbons (Fsp3) is 0.0952. The quantitative estimate of drug-likeness (QED) is 0.184. The summed E-state index contributed by atoms with van der Waals surface area (Å²) in [6, 6.07) is 48.3. The molecule has 0 aliphatic heterocycles. The van der Waals surface area contributed by atoms with Crippen molar-refractivity contribution in [1.82, 2.24) is 8.75 Å². The molecule has 0 unspecified atom stereocenters. The highest BCUT2D eigenvalue weighted by Crippen LogP contribution is 2.39. The van der Waals surface area contributed by atoms with E-state index in [1.165, 1.54) is 66.9 Å². The third kappa shape index (κ3) is 5.00. The number of rotatable bonds is 6. The molecule has 0 bridgehead atoms. The monoisotopic (exact) mass is 626 g/mol. The van der Waals surface area contributed by atoms with Gasteiger partial charge in [-0.05, 0) is 56.3 Å². The summed E-state index contributed by atoms with van der Waals surface area (Å²) in [5, 5.41) is 5.03. The van der Waals surface area contributed by atoms with Crippen LogP contribution in [0.4, 0.5) is 11.4 Å². The van der Waals surface area contributed by atoms with Gasteiger partial charge in [-0.15, -0.1) is 0 Å². The van der Waals surface area contributed by atoms with Crippen LogP contribution in [-0.4, -0.2) is 36.9 Å². The molecule has 0 aliphatic rings. The van der Waals surface area contributed by atoms with E-state index in [1.807, 2.05) is 0 Å². The largest absolute Gasteiger partial charge is 0.377 e. The standard InChI is InChI=1S/C42H34N4S/c1-45(2)39-25-23-31(35-9-5-7-11-37(35)39)27-13-17-29(18-14-27)33-21-22-34(42-41(33)43-47-44-42)30-19-15-28(16-20-30)32-24-26-40(46(3)4)38-12-8-6-10-36(32)38/h5-26H,1-4H3. The second kappa shape index (κ2) is 11.7. The Balaban J connectivity index is 1.13. The van der Waals surface area contributed by atoms with Crippen LogP contribution >= 0.6 is 11.7 Å². The van der Waals surface area contributed by atoms with Gasteiger partial charge in [0.05, 0.1) is 11.7 Å². The van der Waals surface area contributed by atoms with Gasteiger partial charge in [0.25, 0.3) is 0 Å². The number of fused-ring (bicyclic) bond motifs is 3. The van der Waals surface area contributed by atoms with Gasteiger partial charge in [-0.2, -0.15) is 8.75 Å². The lowest BCUT2D eigenvalue weighted by Crippen LogP contribution is -2.09. The molecular formula is C42H34N4S. The van der Waals surface area contributed by atoms with Crippen molar-refractivity contribution in [3.63, 3.8) is 0 Å². The number of hydrogen-bond acceptors (Lipinski definition) is 5. The zero-order chi connectivity index (χ0) is 32.1. The maximum atomic E-state index is 4.77.